The second-order valence-corrected chi connectivity index (χ2v) is 5.74. The van der Waals surface area contributed by atoms with E-state index in [0.717, 1.165) is 18.9 Å². The van der Waals surface area contributed by atoms with Gasteiger partial charge < -0.3 is 4.74 Å². The third-order valence-corrected chi connectivity index (χ3v) is 3.96. The van der Waals surface area contributed by atoms with Crippen molar-refractivity contribution in [1.29, 1.82) is 0 Å². The molecule has 0 amide bonds. The third kappa shape index (κ3) is 2.43. The second-order valence-electron chi connectivity index (χ2n) is 5.74. The van der Waals surface area contributed by atoms with Gasteiger partial charge in [-0.2, -0.15) is 0 Å². The van der Waals surface area contributed by atoms with Gasteiger partial charge in [0.05, 0.1) is 6.54 Å². The normalized spacial score (nSPS) is 18.0. The van der Waals surface area contributed by atoms with Crippen molar-refractivity contribution in [1.82, 2.24) is 0 Å². The number of aliphatic imine (C=N–C) groups is 1. The van der Waals surface area contributed by atoms with E-state index in [2.05, 4.69) is 57.0 Å². The first kappa shape index (κ1) is 13.1. The Labute approximate surface area is 110 Å². The summed E-state index contributed by atoms with van der Waals surface area (Å²) in [6.07, 6.45) is 0.808. The van der Waals surface area contributed by atoms with Crippen LogP contribution >= 0.6 is 0 Å². The minimum Gasteiger partial charge on any atom is -0.472 e. The van der Waals surface area contributed by atoms with Crippen molar-refractivity contribution in [2.24, 2.45) is 16.8 Å². The molecule has 1 aliphatic heterocycles. The van der Waals surface area contributed by atoms with Gasteiger partial charge >= 0.3 is 0 Å². The molecule has 18 heavy (non-hydrogen) atoms. The minimum atomic E-state index is -0.107. The Bertz CT molecular complexity index is 412. The van der Waals surface area contributed by atoms with Gasteiger partial charge in [-0.1, -0.05) is 58.0 Å². The van der Waals surface area contributed by atoms with Crippen molar-refractivity contribution in [2.45, 2.75) is 39.7 Å². The molecule has 0 aromatic heterocycles. The summed E-state index contributed by atoms with van der Waals surface area (Å²) in [6.45, 7) is 9.69. The van der Waals surface area contributed by atoms with Gasteiger partial charge in [0.2, 0.25) is 0 Å². The van der Waals surface area contributed by atoms with Gasteiger partial charge in [-0.15, -0.1) is 0 Å². The summed E-state index contributed by atoms with van der Waals surface area (Å²) in [5.41, 5.74) is 1.16. The maximum atomic E-state index is 6.23. The molecule has 1 aromatic carbocycles. The standard InChI is InChI=1S/C16H23NO/c1-12(2)16(13(3)4)11-17-15(18-16)10-14-8-6-5-7-9-14/h5-9,12-13H,10-11H2,1-4H3. The fourth-order valence-electron chi connectivity index (χ4n) is 2.63. The molecular formula is C16H23NO. The Kier molecular flexibility index (Phi) is 3.74. The van der Waals surface area contributed by atoms with Crippen LogP contribution in [0.4, 0.5) is 0 Å². The minimum absolute atomic E-state index is 0.107. The number of rotatable bonds is 4. The van der Waals surface area contributed by atoms with Crippen molar-refractivity contribution in [2.75, 3.05) is 6.54 Å². The van der Waals surface area contributed by atoms with Crippen molar-refractivity contribution in [3.63, 3.8) is 0 Å². The van der Waals surface area contributed by atoms with E-state index in [1.807, 2.05) is 6.07 Å². The zero-order valence-electron chi connectivity index (χ0n) is 11.8. The van der Waals surface area contributed by atoms with E-state index in [4.69, 9.17) is 4.74 Å². The highest BCUT2D eigenvalue weighted by atomic mass is 16.5. The summed E-state index contributed by atoms with van der Waals surface area (Å²) in [7, 11) is 0. The molecule has 1 heterocycles. The van der Waals surface area contributed by atoms with Crippen LogP contribution < -0.4 is 0 Å². The molecule has 1 aliphatic rings. The van der Waals surface area contributed by atoms with E-state index in [0.29, 0.717) is 11.8 Å². The molecule has 98 valence electrons. The summed E-state index contributed by atoms with van der Waals surface area (Å²) in [5, 5.41) is 0. The Morgan fingerprint density at radius 1 is 1.11 bits per heavy atom. The maximum absolute atomic E-state index is 6.23. The van der Waals surface area contributed by atoms with Crippen LogP contribution in [0.3, 0.4) is 0 Å². The lowest BCUT2D eigenvalue weighted by molar-refractivity contribution is -0.00735. The molecule has 0 atom stereocenters. The predicted octanol–water partition coefficient (Wildman–Crippen LogP) is 3.71. The number of ether oxygens (including phenoxy) is 1. The quantitative estimate of drug-likeness (QED) is 0.792. The van der Waals surface area contributed by atoms with E-state index in [1.165, 1.54) is 5.56 Å². The number of hydrogen-bond acceptors (Lipinski definition) is 2. The lowest BCUT2D eigenvalue weighted by Crippen LogP contribution is -2.44. The lowest BCUT2D eigenvalue weighted by Gasteiger charge is -2.36. The van der Waals surface area contributed by atoms with Gasteiger partial charge in [0.25, 0.3) is 0 Å². The number of nitrogens with zero attached hydrogens (tertiary/aromatic N) is 1. The van der Waals surface area contributed by atoms with Gasteiger partial charge in [-0.25, -0.2) is 0 Å². The molecule has 0 fully saturated rings. The molecule has 0 saturated heterocycles. The van der Waals surface area contributed by atoms with Gasteiger partial charge in [0.1, 0.15) is 5.60 Å². The van der Waals surface area contributed by atoms with E-state index in [9.17, 15) is 0 Å². The van der Waals surface area contributed by atoms with E-state index < -0.39 is 0 Å². The van der Waals surface area contributed by atoms with Crippen LogP contribution in [0.2, 0.25) is 0 Å². The largest absolute Gasteiger partial charge is 0.472 e. The monoisotopic (exact) mass is 245 g/mol. The highest BCUT2D eigenvalue weighted by Crippen LogP contribution is 2.35. The summed E-state index contributed by atoms with van der Waals surface area (Å²) in [4.78, 5) is 4.62. The first-order valence-corrected chi connectivity index (χ1v) is 6.81. The van der Waals surface area contributed by atoms with Crippen molar-refractivity contribution >= 4 is 5.90 Å². The second kappa shape index (κ2) is 5.13. The molecule has 0 N–H and O–H groups in total. The Morgan fingerprint density at radius 3 is 2.22 bits per heavy atom. The van der Waals surface area contributed by atoms with Gasteiger partial charge in [-0.3, -0.25) is 4.99 Å². The van der Waals surface area contributed by atoms with Crippen molar-refractivity contribution in [3.8, 4) is 0 Å². The molecule has 0 spiro atoms. The lowest BCUT2D eigenvalue weighted by atomic mass is 9.80. The molecule has 0 saturated carbocycles. The SMILES string of the molecule is CC(C)C1(C(C)C)CN=C(Cc2ccccc2)O1. The molecule has 2 heteroatoms. The number of hydrogen-bond donors (Lipinski definition) is 0. The highest BCUT2D eigenvalue weighted by Gasteiger charge is 2.43. The van der Waals surface area contributed by atoms with Crippen LogP contribution in [0.15, 0.2) is 35.3 Å². The highest BCUT2D eigenvalue weighted by molar-refractivity contribution is 5.80. The van der Waals surface area contributed by atoms with Crippen molar-refractivity contribution < 1.29 is 4.74 Å². The van der Waals surface area contributed by atoms with Crippen LogP contribution in [0.25, 0.3) is 0 Å². The van der Waals surface area contributed by atoms with Gasteiger partial charge in [0.15, 0.2) is 5.90 Å². The van der Waals surface area contributed by atoms with Crippen molar-refractivity contribution in [3.05, 3.63) is 35.9 Å². The Balaban J connectivity index is 2.07. The van der Waals surface area contributed by atoms with Crippen LogP contribution in [0.5, 0.6) is 0 Å². The number of benzene rings is 1. The van der Waals surface area contributed by atoms with Crippen LogP contribution in [0.1, 0.15) is 33.3 Å². The molecule has 0 radical (unpaired) electrons. The Hall–Kier alpha value is -1.31. The molecule has 0 bridgehead atoms. The van der Waals surface area contributed by atoms with Crippen LogP contribution in [-0.2, 0) is 11.2 Å². The fourth-order valence-corrected chi connectivity index (χ4v) is 2.63. The summed E-state index contributed by atoms with van der Waals surface area (Å²) < 4.78 is 6.23. The average Bonchev–Trinajstić information content (AvgIpc) is 2.76. The third-order valence-electron chi connectivity index (χ3n) is 3.96. The van der Waals surface area contributed by atoms with Crippen LogP contribution in [-0.4, -0.2) is 18.0 Å². The Morgan fingerprint density at radius 2 is 1.72 bits per heavy atom. The maximum Gasteiger partial charge on any atom is 0.188 e. The van der Waals surface area contributed by atoms with Gasteiger partial charge in [0, 0.05) is 6.42 Å². The van der Waals surface area contributed by atoms with Crippen LogP contribution in [0, 0.1) is 11.8 Å². The topological polar surface area (TPSA) is 21.6 Å². The first-order chi connectivity index (χ1) is 8.54. The predicted molar refractivity (Wildman–Crippen MR) is 75.9 cm³/mol. The molecule has 1 aromatic rings. The molecule has 2 nitrogen and oxygen atoms in total. The molecule has 0 aliphatic carbocycles. The van der Waals surface area contributed by atoms with E-state index >= 15 is 0 Å². The smallest absolute Gasteiger partial charge is 0.188 e. The zero-order chi connectivity index (χ0) is 13.2. The molecular weight excluding hydrogens is 222 g/mol. The zero-order valence-corrected chi connectivity index (χ0v) is 11.8. The summed E-state index contributed by atoms with van der Waals surface area (Å²) in [6, 6.07) is 10.4. The first-order valence-electron chi connectivity index (χ1n) is 6.81. The molecule has 2 rings (SSSR count). The summed E-state index contributed by atoms with van der Waals surface area (Å²) >= 11 is 0. The summed E-state index contributed by atoms with van der Waals surface area (Å²) in [5.74, 6) is 1.85. The van der Waals surface area contributed by atoms with E-state index in [1.54, 1.807) is 0 Å². The average molecular weight is 245 g/mol. The van der Waals surface area contributed by atoms with Gasteiger partial charge in [-0.05, 0) is 17.4 Å². The fraction of sp³-hybridized carbons (Fsp3) is 0.562. The molecule has 0 unspecified atom stereocenters. The van der Waals surface area contributed by atoms with E-state index in [-0.39, 0.29) is 5.60 Å².